The van der Waals surface area contributed by atoms with Gasteiger partial charge < -0.3 is 5.32 Å². The molecule has 3 rings (SSSR count). The Hall–Kier alpha value is -3.75. The molecular weight excluding hydrogens is 448 g/mol. The van der Waals surface area contributed by atoms with Crippen LogP contribution in [-0.4, -0.2) is 65.8 Å². The van der Waals surface area contributed by atoms with Crippen molar-refractivity contribution in [3.05, 3.63) is 54.1 Å². The normalized spacial score (nSPS) is 16.1. The van der Waals surface area contributed by atoms with Crippen LogP contribution >= 0.6 is 0 Å². The van der Waals surface area contributed by atoms with Gasteiger partial charge in [0.05, 0.1) is 34.9 Å². The fraction of sp³-hybridized carbons (Fsp3) is 0.273. The molecule has 1 aliphatic heterocycles. The maximum Gasteiger partial charge on any atom is 0.325 e. The summed E-state index contributed by atoms with van der Waals surface area (Å²) >= 11 is 0. The lowest BCUT2D eigenvalue weighted by Gasteiger charge is -2.26. The van der Waals surface area contributed by atoms with Gasteiger partial charge >= 0.3 is 6.03 Å². The maximum atomic E-state index is 13.0. The predicted octanol–water partition coefficient (Wildman–Crippen LogP) is 1.55. The second-order valence-electron chi connectivity index (χ2n) is 8.11. The van der Waals surface area contributed by atoms with Gasteiger partial charge in [-0.05, 0) is 49.2 Å². The molecule has 1 atom stereocenters. The van der Waals surface area contributed by atoms with Crippen LogP contribution in [0.2, 0.25) is 0 Å². The molecule has 10 nitrogen and oxygen atoms in total. The zero-order valence-corrected chi connectivity index (χ0v) is 18.7. The van der Waals surface area contributed by atoms with Gasteiger partial charge in [0.2, 0.25) is 6.41 Å². The number of carbonyl (C=O) groups is 3. The third-order valence-corrected chi connectivity index (χ3v) is 7.11. The highest BCUT2D eigenvalue weighted by atomic mass is 32.2. The van der Waals surface area contributed by atoms with Crippen LogP contribution in [-0.2, 0) is 19.4 Å². The van der Waals surface area contributed by atoms with E-state index in [0.717, 1.165) is 16.0 Å². The molecule has 1 aliphatic rings. The topological polar surface area (TPSA) is 148 Å². The molecule has 11 heteroatoms. The molecule has 0 radical (unpaired) electrons. The molecule has 33 heavy (non-hydrogen) atoms. The minimum atomic E-state index is -4.00. The van der Waals surface area contributed by atoms with Crippen molar-refractivity contribution in [1.29, 1.82) is 5.26 Å². The van der Waals surface area contributed by atoms with Gasteiger partial charge in [-0.2, -0.15) is 5.26 Å². The number of hydrogen-bond acceptors (Lipinski definition) is 7. The number of benzene rings is 2. The van der Waals surface area contributed by atoms with E-state index in [4.69, 9.17) is 5.26 Å². The van der Waals surface area contributed by atoms with Crippen molar-refractivity contribution < 1.29 is 28.0 Å². The summed E-state index contributed by atoms with van der Waals surface area (Å²) in [5, 5.41) is 21.4. The lowest BCUT2D eigenvalue weighted by atomic mass is 10.0. The molecule has 1 saturated heterocycles. The van der Waals surface area contributed by atoms with Crippen molar-refractivity contribution in [2.75, 3.05) is 12.3 Å². The second-order valence-corrected chi connectivity index (χ2v) is 10.1. The van der Waals surface area contributed by atoms with Crippen LogP contribution in [0.1, 0.15) is 19.4 Å². The number of rotatable bonds is 8. The number of nitrogens with zero attached hydrogens (tertiary/aromatic N) is 3. The summed E-state index contributed by atoms with van der Waals surface area (Å²) in [4.78, 5) is 36.4. The smallest absolute Gasteiger partial charge is 0.324 e. The van der Waals surface area contributed by atoms with Crippen molar-refractivity contribution in [3.8, 4) is 17.2 Å². The van der Waals surface area contributed by atoms with E-state index in [0.29, 0.717) is 5.56 Å². The van der Waals surface area contributed by atoms with Gasteiger partial charge in [0.25, 0.3) is 5.91 Å². The molecule has 0 bridgehead atoms. The number of hydrogen-bond donors (Lipinski definition) is 2. The molecule has 1 fully saturated rings. The first-order chi connectivity index (χ1) is 15.5. The Kier molecular flexibility index (Phi) is 6.53. The molecule has 1 heterocycles. The highest BCUT2D eigenvalue weighted by Gasteiger charge is 2.45. The molecule has 172 valence electrons. The zero-order valence-electron chi connectivity index (χ0n) is 17.9. The van der Waals surface area contributed by atoms with Crippen LogP contribution in [0.4, 0.5) is 4.79 Å². The van der Waals surface area contributed by atoms with E-state index in [-0.39, 0.29) is 16.4 Å². The molecule has 2 aromatic rings. The van der Waals surface area contributed by atoms with Crippen molar-refractivity contribution in [2.45, 2.75) is 30.3 Å². The number of nitriles is 1. The summed E-state index contributed by atoms with van der Waals surface area (Å²) < 4.78 is 25.9. The van der Waals surface area contributed by atoms with Crippen molar-refractivity contribution in [3.63, 3.8) is 0 Å². The SMILES string of the molecule is CC1(C)NC(=O)N(CC(CS(=O)(=O)c2ccc(-c3ccc(C#N)cc3)cc2)N(O)C=O)C1=O. The first-order valence-electron chi connectivity index (χ1n) is 9.88. The van der Waals surface area contributed by atoms with Crippen molar-refractivity contribution in [1.82, 2.24) is 15.3 Å². The van der Waals surface area contributed by atoms with Crippen LogP contribution in [0.5, 0.6) is 0 Å². The van der Waals surface area contributed by atoms with Crippen LogP contribution in [0.15, 0.2) is 53.4 Å². The Labute approximate surface area is 190 Å². The molecule has 0 aliphatic carbocycles. The fourth-order valence-electron chi connectivity index (χ4n) is 3.43. The van der Waals surface area contributed by atoms with Crippen molar-refractivity contribution >= 4 is 28.2 Å². The minimum absolute atomic E-state index is 0.0256. The second kappa shape index (κ2) is 9.01. The Morgan fingerprint density at radius 2 is 1.67 bits per heavy atom. The number of urea groups is 1. The van der Waals surface area contributed by atoms with E-state index in [1.807, 2.05) is 6.07 Å². The summed E-state index contributed by atoms with van der Waals surface area (Å²) in [6, 6.07) is 12.7. The Bertz CT molecular complexity index is 1220. The van der Waals surface area contributed by atoms with E-state index in [2.05, 4.69) is 5.32 Å². The fourth-order valence-corrected chi connectivity index (χ4v) is 4.94. The number of imide groups is 1. The number of hydroxylamine groups is 2. The third-order valence-electron chi connectivity index (χ3n) is 5.29. The Morgan fingerprint density at radius 1 is 1.12 bits per heavy atom. The number of carbonyl (C=O) groups excluding carboxylic acids is 3. The molecular formula is C22H22N4O6S. The van der Waals surface area contributed by atoms with Crippen LogP contribution < -0.4 is 5.32 Å². The summed E-state index contributed by atoms with van der Waals surface area (Å²) in [5.74, 6) is -1.31. The van der Waals surface area contributed by atoms with E-state index in [9.17, 15) is 28.0 Å². The van der Waals surface area contributed by atoms with E-state index < -0.39 is 45.7 Å². The van der Waals surface area contributed by atoms with E-state index in [1.165, 1.54) is 26.0 Å². The van der Waals surface area contributed by atoms with Gasteiger partial charge in [-0.3, -0.25) is 19.7 Å². The van der Waals surface area contributed by atoms with Gasteiger partial charge in [-0.1, -0.05) is 24.3 Å². The highest BCUT2D eigenvalue weighted by molar-refractivity contribution is 7.91. The Morgan fingerprint density at radius 3 is 2.12 bits per heavy atom. The summed E-state index contributed by atoms with van der Waals surface area (Å²) in [5.41, 5.74) is 0.845. The molecule has 0 saturated carbocycles. The van der Waals surface area contributed by atoms with Crippen LogP contribution in [0.3, 0.4) is 0 Å². The van der Waals surface area contributed by atoms with Crippen molar-refractivity contribution in [2.24, 2.45) is 0 Å². The van der Waals surface area contributed by atoms with Gasteiger partial charge in [0.15, 0.2) is 9.84 Å². The quantitative estimate of drug-likeness (QED) is 0.257. The largest absolute Gasteiger partial charge is 0.325 e. The summed E-state index contributed by atoms with van der Waals surface area (Å²) in [6.07, 6.45) is 0.0256. The lowest BCUT2D eigenvalue weighted by Crippen LogP contribution is -2.48. The average molecular weight is 471 g/mol. The minimum Gasteiger partial charge on any atom is -0.324 e. The number of nitrogens with one attached hydrogen (secondary N) is 1. The first-order valence-corrected chi connectivity index (χ1v) is 11.5. The number of amides is 4. The first kappa shape index (κ1) is 23.9. The standard InChI is InChI=1S/C22H22N4O6S/c1-22(2)20(28)25(21(29)24-22)12-18(26(30)14-27)13-33(31,32)19-9-7-17(8-10-19)16-5-3-15(11-23)4-6-16/h3-10,14,18,30H,12-13H2,1-2H3,(H,24,29). The maximum absolute atomic E-state index is 13.0. The van der Waals surface area contributed by atoms with Crippen LogP contribution in [0, 0.1) is 11.3 Å². The molecule has 4 amide bonds. The summed E-state index contributed by atoms with van der Waals surface area (Å²) in [6.45, 7) is 2.49. The zero-order chi connectivity index (χ0) is 24.4. The van der Waals surface area contributed by atoms with Gasteiger partial charge in [0, 0.05) is 0 Å². The molecule has 0 aromatic heterocycles. The van der Waals surface area contributed by atoms with Gasteiger partial charge in [-0.25, -0.2) is 18.3 Å². The molecule has 1 unspecified atom stereocenters. The van der Waals surface area contributed by atoms with E-state index >= 15 is 0 Å². The monoisotopic (exact) mass is 470 g/mol. The average Bonchev–Trinajstić information content (AvgIpc) is 2.99. The molecule has 2 aromatic carbocycles. The predicted molar refractivity (Wildman–Crippen MR) is 116 cm³/mol. The summed E-state index contributed by atoms with van der Waals surface area (Å²) in [7, 11) is -4.00. The molecule has 0 spiro atoms. The van der Waals surface area contributed by atoms with Gasteiger partial charge in [0.1, 0.15) is 5.54 Å². The Balaban J connectivity index is 1.81. The molecule has 2 N–H and O–H groups in total. The third kappa shape index (κ3) is 5.02. The van der Waals surface area contributed by atoms with Crippen LogP contribution in [0.25, 0.3) is 11.1 Å². The van der Waals surface area contributed by atoms with Gasteiger partial charge in [-0.15, -0.1) is 0 Å². The highest BCUT2D eigenvalue weighted by Crippen LogP contribution is 2.24. The van der Waals surface area contributed by atoms with E-state index in [1.54, 1.807) is 36.4 Å². The lowest BCUT2D eigenvalue weighted by molar-refractivity contribution is -0.160. The number of sulfone groups is 1.